The number of para-hydroxylation sites is 1. The Morgan fingerprint density at radius 1 is 1.10 bits per heavy atom. The number of hydrogen-bond donors (Lipinski definition) is 1. The normalized spacial score (nSPS) is 10.3. The molecule has 0 bridgehead atoms. The van der Waals surface area contributed by atoms with Gasteiger partial charge in [0.25, 0.3) is 0 Å². The summed E-state index contributed by atoms with van der Waals surface area (Å²) in [5.74, 6) is -0.409. The maximum absolute atomic E-state index is 12.6. The van der Waals surface area contributed by atoms with Crippen molar-refractivity contribution in [3.8, 4) is 11.8 Å². The van der Waals surface area contributed by atoms with Crippen LogP contribution in [0, 0.1) is 11.3 Å². The maximum atomic E-state index is 12.6. The molecule has 1 aromatic heterocycles. The fraction of sp³-hybridized carbons (Fsp3) is 0.217. The molecule has 8 heteroatoms. The van der Waals surface area contributed by atoms with E-state index in [0.29, 0.717) is 18.1 Å². The van der Waals surface area contributed by atoms with Crippen molar-refractivity contribution in [1.29, 1.82) is 5.26 Å². The number of benzene rings is 2. The number of nitriles is 1. The Balaban J connectivity index is 1.50. The molecule has 31 heavy (non-hydrogen) atoms. The van der Waals surface area contributed by atoms with Crippen LogP contribution in [0.25, 0.3) is 5.69 Å². The van der Waals surface area contributed by atoms with E-state index in [4.69, 9.17) is 16.9 Å². The Hall–Kier alpha value is -3.63. The fourth-order valence-corrected chi connectivity index (χ4v) is 3.12. The number of nitrogens with zero attached hydrogens (tertiary/aromatic N) is 4. The predicted octanol–water partition coefficient (Wildman–Crippen LogP) is 3.87. The molecule has 0 fully saturated rings. The van der Waals surface area contributed by atoms with Crippen molar-refractivity contribution >= 4 is 29.1 Å². The summed E-state index contributed by atoms with van der Waals surface area (Å²) in [6, 6.07) is 18.5. The van der Waals surface area contributed by atoms with E-state index in [1.807, 2.05) is 48.7 Å². The van der Waals surface area contributed by atoms with Gasteiger partial charge in [-0.15, -0.1) is 0 Å². The zero-order valence-corrected chi connectivity index (χ0v) is 17.6. The van der Waals surface area contributed by atoms with Crippen molar-refractivity contribution in [3.63, 3.8) is 0 Å². The summed E-state index contributed by atoms with van der Waals surface area (Å²) in [5, 5.41) is 16.6. The van der Waals surface area contributed by atoms with Gasteiger partial charge in [0.15, 0.2) is 0 Å². The summed E-state index contributed by atoms with van der Waals surface area (Å²) in [6.07, 6.45) is 3.87. The molecule has 0 unspecified atom stereocenters. The first-order chi connectivity index (χ1) is 15.1. The highest BCUT2D eigenvalue weighted by molar-refractivity contribution is 6.30. The number of aromatic nitrogens is 2. The highest BCUT2D eigenvalue weighted by Gasteiger charge is 2.16. The minimum atomic E-state index is -0.221. The van der Waals surface area contributed by atoms with Gasteiger partial charge in [0.1, 0.15) is 0 Å². The monoisotopic (exact) mass is 435 g/mol. The Morgan fingerprint density at radius 2 is 1.84 bits per heavy atom. The average Bonchev–Trinajstić information content (AvgIpc) is 3.27. The number of carbonyl (C=O) groups is 2. The fourth-order valence-electron chi connectivity index (χ4n) is 3.00. The molecule has 1 heterocycles. The molecule has 0 saturated carbocycles. The first-order valence-corrected chi connectivity index (χ1v) is 10.2. The summed E-state index contributed by atoms with van der Waals surface area (Å²) in [5.41, 5.74) is 2.43. The Labute approximate surface area is 185 Å². The van der Waals surface area contributed by atoms with Crippen LogP contribution in [-0.4, -0.2) is 28.1 Å². The molecule has 7 nitrogen and oxygen atoms in total. The van der Waals surface area contributed by atoms with Gasteiger partial charge in [-0.3, -0.25) is 9.59 Å². The van der Waals surface area contributed by atoms with Crippen molar-refractivity contribution in [2.45, 2.75) is 25.8 Å². The van der Waals surface area contributed by atoms with Gasteiger partial charge in [0.05, 0.1) is 24.4 Å². The van der Waals surface area contributed by atoms with Crippen molar-refractivity contribution in [3.05, 3.63) is 77.6 Å². The Kier molecular flexibility index (Phi) is 7.79. The van der Waals surface area contributed by atoms with Crippen LogP contribution in [0.2, 0.25) is 5.02 Å². The van der Waals surface area contributed by atoms with E-state index in [-0.39, 0.29) is 31.1 Å². The molecule has 0 aliphatic carbocycles. The van der Waals surface area contributed by atoms with Crippen molar-refractivity contribution in [2.24, 2.45) is 0 Å². The number of amides is 2. The topological polar surface area (TPSA) is 91.0 Å². The van der Waals surface area contributed by atoms with E-state index < -0.39 is 0 Å². The summed E-state index contributed by atoms with van der Waals surface area (Å²) in [4.78, 5) is 26.4. The van der Waals surface area contributed by atoms with Gasteiger partial charge in [-0.1, -0.05) is 29.8 Å². The van der Waals surface area contributed by atoms with Crippen LogP contribution in [0.15, 0.2) is 67.0 Å². The second-order valence-corrected chi connectivity index (χ2v) is 7.27. The Bertz CT molecular complexity index is 1060. The summed E-state index contributed by atoms with van der Waals surface area (Å²) >= 11 is 5.90. The standard InChI is InChI=1S/C23H22ClN5O2/c24-19-7-9-21(10-8-19)29-17-18(16-27-29)15-26-22(30)11-12-23(31)28(14-4-13-25)20-5-2-1-3-6-20/h1-3,5-10,16-17H,4,11-12,14-15H2,(H,26,30). The third kappa shape index (κ3) is 6.43. The smallest absolute Gasteiger partial charge is 0.227 e. The lowest BCUT2D eigenvalue weighted by Crippen LogP contribution is -2.33. The molecule has 0 atom stereocenters. The second kappa shape index (κ2) is 11.0. The zero-order valence-electron chi connectivity index (χ0n) is 16.9. The number of halogens is 1. The molecule has 3 aromatic rings. The largest absolute Gasteiger partial charge is 0.352 e. The van der Waals surface area contributed by atoms with Gasteiger partial charge in [-0.25, -0.2) is 4.68 Å². The molecule has 0 spiro atoms. The number of carbonyl (C=O) groups excluding carboxylic acids is 2. The second-order valence-electron chi connectivity index (χ2n) is 6.84. The number of rotatable bonds is 9. The first kappa shape index (κ1) is 22.1. The maximum Gasteiger partial charge on any atom is 0.227 e. The molecule has 2 amide bonds. The van der Waals surface area contributed by atoms with Crippen molar-refractivity contribution in [2.75, 3.05) is 11.4 Å². The van der Waals surface area contributed by atoms with E-state index in [1.54, 1.807) is 27.9 Å². The van der Waals surface area contributed by atoms with Crippen LogP contribution in [-0.2, 0) is 16.1 Å². The first-order valence-electron chi connectivity index (χ1n) is 9.85. The molecule has 1 N–H and O–H groups in total. The molecule has 0 aliphatic heterocycles. The van der Waals surface area contributed by atoms with E-state index in [0.717, 1.165) is 16.9 Å². The van der Waals surface area contributed by atoms with E-state index in [9.17, 15) is 9.59 Å². The third-order valence-electron chi connectivity index (χ3n) is 4.60. The van der Waals surface area contributed by atoms with Crippen LogP contribution in [0.3, 0.4) is 0 Å². The molecular weight excluding hydrogens is 414 g/mol. The zero-order chi connectivity index (χ0) is 22.1. The van der Waals surface area contributed by atoms with Gasteiger partial charge >= 0.3 is 0 Å². The minimum Gasteiger partial charge on any atom is -0.352 e. The predicted molar refractivity (Wildman–Crippen MR) is 119 cm³/mol. The number of nitrogens with one attached hydrogen (secondary N) is 1. The van der Waals surface area contributed by atoms with Gasteiger partial charge in [-0.05, 0) is 36.4 Å². The van der Waals surface area contributed by atoms with E-state index in [1.165, 1.54) is 0 Å². The molecule has 3 rings (SSSR count). The summed E-state index contributed by atoms with van der Waals surface area (Å²) in [6.45, 7) is 0.613. The lowest BCUT2D eigenvalue weighted by Gasteiger charge is -2.21. The highest BCUT2D eigenvalue weighted by atomic mass is 35.5. The van der Waals surface area contributed by atoms with Crippen LogP contribution >= 0.6 is 11.6 Å². The highest BCUT2D eigenvalue weighted by Crippen LogP contribution is 2.16. The molecule has 0 saturated heterocycles. The van der Waals surface area contributed by atoms with E-state index >= 15 is 0 Å². The van der Waals surface area contributed by atoms with Gasteiger partial charge in [0, 0.05) is 48.4 Å². The lowest BCUT2D eigenvalue weighted by atomic mass is 10.2. The van der Waals surface area contributed by atoms with Gasteiger partial charge < -0.3 is 10.2 Å². The minimum absolute atomic E-state index is 0.0657. The van der Waals surface area contributed by atoms with Crippen LogP contribution in [0.4, 0.5) is 5.69 Å². The van der Waals surface area contributed by atoms with Gasteiger partial charge in [-0.2, -0.15) is 10.4 Å². The number of hydrogen-bond acceptors (Lipinski definition) is 4. The van der Waals surface area contributed by atoms with Crippen LogP contribution < -0.4 is 10.2 Å². The van der Waals surface area contributed by atoms with Crippen LogP contribution in [0.1, 0.15) is 24.8 Å². The SMILES string of the molecule is N#CCCN(C(=O)CCC(=O)NCc1cnn(-c2ccc(Cl)cc2)c1)c1ccccc1. The Morgan fingerprint density at radius 3 is 2.55 bits per heavy atom. The van der Waals surface area contributed by atoms with Gasteiger partial charge in [0.2, 0.25) is 11.8 Å². The molecule has 158 valence electrons. The summed E-state index contributed by atoms with van der Waals surface area (Å²) < 4.78 is 1.70. The molecule has 0 radical (unpaired) electrons. The van der Waals surface area contributed by atoms with Crippen molar-refractivity contribution in [1.82, 2.24) is 15.1 Å². The number of anilines is 1. The lowest BCUT2D eigenvalue weighted by molar-refractivity contribution is -0.125. The average molecular weight is 436 g/mol. The molecular formula is C23H22ClN5O2. The molecule has 2 aromatic carbocycles. The summed E-state index contributed by atoms with van der Waals surface area (Å²) in [7, 11) is 0. The third-order valence-corrected chi connectivity index (χ3v) is 4.85. The van der Waals surface area contributed by atoms with Crippen LogP contribution in [0.5, 0.6) is 0 Å². The molecule has 0 aliphatic rings. The van der Waals surface area contributed by atoms with E-state index in [2.05, 4.69) is 16.5 Å². The quantitative estimate of drug-likeness (QED) is 0.552. The van der Waals surface area contributed by atoms with Crippen molar-refractivity contribution < 1.29 is 9.59 Å².